The topological polar surface area (TPSA) is 152 Å². The van der Waals surface area contributed by atoms with Gasteiger partial charge in [-0.1, -0.05) is 0 Å². The highest BCUT2D eigenvalue weighted by Crippen LogP contribution is 2.26. The van der Waals surface area contributed by atoms with Gasteiger partial charge in [-0.05, 0) is 51.2 Å². The molecule has 0 spiro atoms. The molecule has 0 atom stereocenters. The number of hydrogen-bond acceptors (Lipinski definition) is 9. The van der Waals surface area contributed by atoms with Gasteiger partial charge in [-0.2, -0.15) is 10.4 Å². The number of amides is 1. The molecule has 1 fully saturated rings. The average Bonchev–Trinajstić information content (AvgIpc) is 3.26. The van der Waals surface area contributed by atoms with Crippen molar-refractivity contribution < 1.29 is 9.53 Å². The SMILES string of the molecule is CN1CCCN(CCCOc2ccc(-c3cnc(N)c(-n4cc(C(N)=O)cn4)n3)cc2C#N)CC1. The summed E-state index contributed by atoms with van der Waals surface area (Å²) in [6.07, 6.45) is 6.36. The first-order valence-electron chi connectivity index (χ1n) is 11.5. The van der Waals surface area contributed by atoms with Gasteiger partial charge in [-0.25, -0.2) is 14.6 Å². The van der Waals surface area contributed by atoms with Crippen LogP contribution in [-0.2, 0) is 0 Å². The molecule has 0 saturated carbocycles. The molecule has 3 aromatic rings. The number of anilines is 1. The number of benzene rings is 1. The Bertz CT molecular complexity index is 1230. The number of carbonyl (C=O) groups is 1. The van der Waals surface area contributed by atoms with Crippen LogP contribution in [0.15, 0.2) is 36.8 Å². The molecule has 182 valence electrons. The highest BCUT2D eigenvalue weighted by atomic mass is 16.5. The van der Waals surface area contributed by atoms with E-state index in [0.717, 1.165) is 39.1 Å². The molecule has 2 aromatic heterocycles. The Kier molecular flexibility index (Phi) is 7.54. The van der Waals surface area contributed by atoms with Crippen LogP contribution < -0.4 is 16.2 Å². The van der Waals surface area contributed by atoms with Crippen LogP contribution in [0.1, 0.15) is 28.8 Å². The highest BCUT2D eigenvalue weighted by molar-refractivity contribution is 5.92. The largest absolute Gasteiger partial charge is 0.492 e. The molecule has 1 aromatic carbocycles. The first-order valence-corrected chi connectivity index (χ1v) is 11.5. The van der Waals surface area contributed by atoms with E-state index in [1.54, 1.807) is 12.1 Å². The molecular weight excluding hydrogens is 446 g/mol. The fraction of sp³-hybridized carbons (Fsp3) is 0.375. The zero-order valence-electron chi connectivity index (χ0n) is 19.7. The van der Waals surface area contributed by atoms with Gasteiger partial charge in [0.25, 0.3) is 5.91 Å². The van der Waals surface area contributed by atoms with Crippen molar-refractivity contribution in [2.45, 2.75) is 12.8 Å². The lowest BCUT2D eigenvalue weighted by atomic mass is 10.1. The zero-order chi connectivity index (χ0) is 24.8. The van der Waals surface area contributed by atoms with Crippen molar-refractivity contribution in [3.05, 3.63) is 47.9 Å². The Labute approximate surface area is 203 Å². The standard InChI is InChI=1S/C24H29N9O2/c1-31-6-2-7-32(10-9-31)8-3-11-35-21-5-4-17(12-18(21)13-25)20-15-28-22(26)24(30-20)33-16-19(14-29-33)23(27)34/h4-5,12,14-16H,2-3,6-11H2,1H3,(H2,26,28)(H2,27,34). The third-order valence-electron chi connectivity index (χ3n) is 5.95. The van der Waals surface area contributed by atoms with Gasteiger partial charge in [0, 0.05) is 31.4 Å². The number of ether oxygens (including phenoxy) is 1. The van der Waals surface area contributed by atoms with Crippen LogP contribution in [0.25, 0.3) is 17.1 Å². The molecule has 1 amide bonds. The molecule has 0 aliphatic carbocycles. The minimum absolute atomic E-state index is 0.143. The lowest BCUT2D eigenvalue weighted by molar-refractivity contribution is 0.100. The maximum atomic E-state index is 11.4. The number of likely N-dealkylation sites (N-methyl/N-ethyl adjacent to an activating group) is 1. The summed E-state index contributed by atoms with van der Waals surface area (Å²) in [5, 5.41) is 13.8. The fourth-order valence-corrected chi connectivity index (χ4v) is 3.96. The summed E-state index contributed by atoms with van der Waals surface area (Å²) in [6.45, 7) is 5.91. The van der Waals surface area contributed by atoms with Crippen LogP contribution >= 0.6 is 0 Å². The molecule has 0 bridgehead atoms. The smallest absolute Gasteiger partial charge is 0.251 e. The summed E-state index contributed by atoms with van der Waals surface area (Å²) in [4.78, 5) is 24.9. The number of nitrogens with zero attached hydrogens (tertiary/aromatic N) is 7. The summed E-state index contributed by atoms with van der Waals surface area (Å²) in [7, 11) is 2.16. The number of aromatic nitrogens is 4. The van der Waals surface area contributed by atoms with Crippen molar-refractivity contribution in [2.24, 2.45) is 5.73 Å². The van der Waals surface area contributed by atoms with Gasteiger partial charge in [0.05, 0.1) is 35.8 Å². The van der Waals surface area contributed by atoms with Crippen molar-refractivity contribution in [3.8, 4) is 28.9 Å². The first kappa shape index (κ1) is 24.1. The number of nitrogens with two attached hydrogens (primary N) is 2. The van der Waals surface area contributed by atoms with Gasteiger partial charge in [-0.15, -0.1) is 0 Å². The molecule has 4 rings (SSSR count). The summed E-state index contributed by atoms with van der Waals surface area (Å²) in [5.74, 6) is 0.332. The Morgan fingerprint density at radius 2 is 2.09 bits per heavy atom. The second-order valence-corrected chi connectivity index (χ2v) is 8.53. The number of rotatable bonds is 8. The second-order valence-electron chi connectivity index (χ2n) is 8.53. The molecule has 0 radical (unpaired) electrons. The van der Waals surface area contributed by atoms with Crippen molar-refractivity contribution in [3.63, 3.8) is 0 Å². The molecule has 4 N–H and O–H groups in total. The Hall–Kier alpha value is -4.01. The third kappa shape index (κ3) is 5.92. The number of nitriles is 1. The third-order valence-corrected chi connectivity index (χ3v) is 5.95. The summed E-state index contributed by atoms with van der Waals surface area (Å²) >= 11 is 0. The molecule has 11 nitrogen and oxygen atoms in total. The minimum Gasteiger partial charge on any atom is -0.492 e. The van der Waals surface area contributed by atoms with E-state index in [4.69, 9.17) is 16.2 Å². The molecule has 35 heavy (non-hydrogen) atoms. The lowest BCUT2D eigenvalue weighted by Gasteiger charge is -2.20. The van der Waals surface area contributed by atoms with E-state index in [0.29, 0.717) is 29.2 Å². The van der Waals surface area contributed by atoms with Gasteiger partial charge < -0.3 is 26.0 Å². The molecule has 1 saturated heterocycles. The average molecular weight is 476 g/mol. The maximum Gasteiger partial charge on any atom is 0.251 e. The highest BCUT2D eigenvalue weighted by Gasteiger charge is 2.15. The first-order chi connectivity index (χ1) is 16.9. The van der Waals surface area contributed by atoms with Gasteiger partial charge in [0.2, 0.25) is 0 Å². The Morgan fingerprint density at radius 3 is 2.86 bits per heavy atom. The summed E-state index contributed by atoms with van der Waals surface area (Å²) in [6, 6.07) is 7.50. The van der Waals surface area contributed by atoms with Crippen LogP contribution in [0, 0.1) is 11.3 Å². The van der Waals surface area contributed by atoms with Crippen LogP contribution in [0.3, 0.4) is 0 Å². The van der Waals surface area contributed by atoms with Crippen LogP contribution in [0.4, 0.5) is 5.82 Å². The predicted molar refractivity (Wildman–Crippen MR) is 131 cm³/mol. The number of carbonyl (C=O) groups excluding carboxylic acids is 1. The van der Waals surface area contributed by atoms with Gasteiger partial charge in [0.1, 0.15) is 11.8 Å². The van der Waals surface area contributed by atoms with E-state index in [1.807, 2.05) is 6.07 Å². The van der Waals surface area contributed by atoms with Crippen molar-refractivity contribution in [1.82, 2.24) is 29.5 Å². The molecule has 11 heteroatoms. The second kappa shape index (κ2) is 10.9. The van der Waals surface area contributed by atoms with Crippen LogP contribution in [0.5, 0.6) is 5.75 Å². The van der Waals surface area contributed by atoms with Gasteiger partial charge >= 0.3 is 0 Å². The normalized spacial score (nSPS) is 14.9. The summed E-state index contributed by atoms with van der Waals surface area (Å²) in [5.41, 5.74) is 13.1. The van der Waals surface area contributed by atoms with Crippen LogP contribution in [-0.4, -0.2) is 81.8 Å². The number of hydrogen-bond donors (Lipinski definition) is 2. The minimum atomic E-state index is -0.604. The van der Waals surface area contributed by atoms with E-state index >= 15 is 0 Å². The van der Waals surface area contributed by atoms with Crippen molar-refractivity contribution in [2.75, 3.05) is 52.1 Å². The Morgan fingerprint density at radius 1 is 1.23 bits per heavy atom. The Balaban J connectivity index is 1.43. The molecule has 1 aliphatic heterocycles. The molecule has 0 unspecified atom stereocenters. The quantitative estimate of drug-likeness (QED) is 0.459. The van der Waals surface area contributed by atoms with E-state index in [-0.39, 0.29) is 17.2 Å². The summed E-state index contributed by atoms with van der Waals surface area (Å²) < 4.78 is 7.27. The molecular formula is C24H29N9O2. The van der Waals surface area contributed by atoms with E-state index in [2.05, 4.69) is 38.0 Å². The van der Waals surface area contributed by atoms with Crippen LogP contribution in [0.2, 0.25) is 0 Å². The lowest BCUT2D eigenvalue weighted by Crippen LogP contribution is -2.30. The predicted octanol–water partition coefficient (Wildman–Crippen LogP) is 1.29. The monoisotopic (exact) mass is 475 g/mol. The number of nitrogen functional groups attached to an aromatic ring is 1. The molecule has 3 heterocycles. The van der Waals surface area contributed by atoms with E-state index in [9.17, 15) is 10.1 Å². The van der Waals surface area contributed by atoms with E-state index in [1.165, 1.54) is 29.7 Å². The van der Waals surface area contributed by atoms with Gasteiger partial charge in [0.15, 0.2) is 11.6 Å². The fourth-order valence-electron chi connectivity index (χ4n) is 3.96. The molecule has 1 aliphatic rings. The van der Waals surface area contributed by atoms with Crippen molar-refractivity contribution >= 4 is 11.7 Å². The zero-order valence-corrected chi connectivity index (χ0v) is 19.7. The maximum absolute atomic E-state index is 11.4. The number of primary amides is 1. The van der Waals surface area contributed by atoms with E-state index < -0.39 is 5.91 Å². The van der Waals surface area contributed by atoms with Gasteiger partial charge in [-0.3, -0.25) is 4.79 Å². The van der Waals surface area contributed by atoms with Crippen molar-refractivity contribution in [1.29, 1.82) is 5.26 Å².